The second kappa shape index (κ2) is 6.60. The fourth-order valence-electron chi connectivity index (χ4n) is 2.37. The first-order valence-corrected chi connectivity index (χ1v) is 7.59. The molecule has 1 N–H and O–H groups in total. The highest BCUT2D eigenvalue weighted by molar-refractivity contribution is 5.94. The van der Waals surface area contributed by atoms with Gasteiger partial charge in [-0.05, 0) is 43.2 Å². The molecule has 0 aliphatic carbocycles. The van der Waals surface area contributed by atoms with Crippen LogP contribution in [0.15, 0.2) is 42.5 Å². The van der Waals surface area contributed by atoms with Crippen molar-refractivity contribution in [2.24, 2.45) is 0 Å². The monoisotopic (exact) mass is 313 g/mol. The van der Waals surface area contributed by atoms with Gasteiger partial charge in [-0.3, -0.25) is 4.79 Å². The molecule has 3 rings (SSSR count). The molecule has 0 bridgehead atoms. The van der Waals surface area contributed by atoms with Gasteiger partial charge in [0.1, 0.15) is 5.75 Å². The number of hydrogen-bond acceptors (Lipinski definition) is 4. The Morgan fingerprint density at radius 3 is 2.83 bits per heavy atom. The molecule has 5 heteroatoms. The number of ether oxygens (including phenoxy) is 3. The first-order valence-electron chi connectivity index (χ1n) is 7.59. The summed E-state index contributed by atoms with van der Waals surface area (Å²) in [7, 11) is 0. The Hall–Kier alpha value is -2.69. The molecule has 23 heavy (non-hydrogen) atoms. The van der Waals surface area contributed by atoms with Crippen LogP contribution in [0.5, 0.6) is 17.2 Å². The summed E-state index contributed by atoms with van der Waals surface area (Å²) in [5.41, 5.74) is 1.75. The Balaban J connectivity index is 1.68. The number of carbonyl (C=O) groups is 1. The van der Waals surface area contributed by atoms with Gasteiger partial charge >= 0.3 is 0 Å². The van der Waals surface area contributed by atoms with Crippen LogP contribution in [0.4, 0.5) is 5.69 Å². The van der Waals surface area contributed by atoms with Gasteiger partial charge in [0.25, 0.3) is 5.91 Å². The molecule has 0 spiro atoms. The molecule has 120 valence electrons. The number of rotatable bonds is 5. The first kappa shape index (κ1) is 15.2. The molecule has 2 aromatic rings. The van der Waals surface area contributed by atoms with Gasteiger partial charge in [0, 0.05) is 11.8 Å². The second-order valence-corrected chi connectivity index (χ2v) is 5.39. The number of amides is 1. The van der Waals surface area contributed by atoms with Crippen LogP contribution in [-0.2, 0) is 4.79 Å². The average Bonchev–Trinajstić information content (AvgIpc) is 3.00. The molecule has 0 saturated carbocycles. The lowest BCUT2D eigenvalue weighted by atomic mass is 10.2. The van der Waals surface area contributed by atoms with Gasteiger partial charge in [-0.25, -0.2) is 0 Å². The lowest BCUT2D eigenvalue weighted by molar-refractivity contribution is -0.122. The molecule has 0 fully saturated rings. The fourth-order valence-corrected chi connectivity index (χ4v) is 2.37. The minimum absolute atomic E-state index is 0.187. The third kappa shape index (κ3) is 3.56. The number of fused-ring (bicyclic) bond motifs is 1. The van der Waals surface area contributed by atoms with Gasteiger partial charge in [-0.15, -0.1) is 0 Å². The van der Waals surface area contributed by atoms with E-state index in [2.05, 4.69) is 5.32 Å². The van der Waals surface area contributed by atoms with Crippen molar-refractivity contribution in [3.05, 3.63) is 48.0 Å². The third-order valence-electron chi connectivity index (χ3n) is 3.57. The van der Waals surface area contributed by atoms with Gasteiger partial charge in [-0.1, -0.05) is 19.1 Å². The maximum absolute atomic E-state index is 12.4. The molecule has 0 saturated heterocycles. The van der Waals surface area contributed by atoms with Crippen molar-refractivity contribution in [2.75, 3.05) is 12.1 Å². The van der Waals surface area contributed by atoms with Crippen molar-refractivity contribution in [3.63, 3.8) is 0 Å². The molecule has 0 radical (unpaired) electrons. The second-order valence-electron chi connectivity index (χ2n) is 5.39. The number of carbonyl (C=O) groups excluding carboxylic acids is 1. The molecule has 0 unspecified atom stereocenters. The molecule has 1 atom stereocenters. The summed E-state index contributed by atoms with van der Waals surface area (Å²) < 4.78 is 16.4. The maximum atomic E-state index is 12.4. The molecule has 1 heterocycles. The Bertz CT molecular complexity index is 714. The van der Waals surface area contributed by atoms with Gasteiger partial charge in [0.2, 0.25) is 6.79 Å². The Morgan fingerprint density at radius 1 is 1.22 bits per heavy atom. The van der Waals surface area contributed by atoms with Crippen molar-refractivity contribution in [2.45, 2.75) is 26.4 Å². The SMILES string of the molecule is CC[C@@H](Oc1cccc(C)c1)C(=O)Nc1ccc2c(c1)OCO2. The predicted molar refractivity (Wildman–Crippen MR) is 87.1 cm³/mol. The number of aryl methyl sites for hydroxylation is 1. The zero-order chi connectivity index (χ0) is 16.2. The summed E-state index contributed by atoms with van der Waals surface area (Å²) in [4.78, 5) is 12.4. The van der Waals surface area contributed by atoms with Crippen LogP contribution in [0.25, 0.3) is 0 Å². The smallest absolute Gasteiger partial charge is 0.265 e. The Kier molecular flexibility index (Phi) is 4.37. The Morgan fingerprint density at radius 2 is 2.04 bits per heavy atom. The standard InChI is InChI=1S/C18H19NO4/c1-3-15(23-14-6-4-5-12(2)9-14)18(20)19-13-7-8-16-17(10-13)22-11-21-16/h4-10,15H,3,11H2,1-2H3,(H,19,20)/t15-/m1/s1. The number of benzene rings is 2. The average molecular weight is 313 g/mol. The van der Waals surface area contributed by atoms with E-state index in [0.29, 0.717) is 29.4 Å². The highest BCUT2D eigenvalue weighted by Crippen LogP contribution is 2.34. The third-order valence-corrected chi connectivity index (χ3v) is 3.57. The quantitative estimate of drug-likeness (QED) is 0.917. The lowest BCUT2D eigenvalue weighted by Crippen LogP contribution is -2.32. The van der Waals surface area contributed by atoms with E-state index in [0.717, 1.165) is 5.56 Å². The fraction of sp³-hybridized carbons (Fsp3) is 0.278. The zero-order valence-electron chi connectivity index (χ0n) is 13.2. The normalized spacial score (nSPS) is 13.5. The van der Waals surface area contributed by atoms with E-state index in [-0.39, 0.29) is 12.7 Å². The van der Waals surface area contributed by atoms with Gasteiger partial charge in [0.15, 0.2) is 17.6 Å². The summed E-state index contributed by atoms with van der Waals surface area (Å²) in [6.45, 7) is 4.11. The number of anilines is 1. The van der Waals surface area contributed by atoms with Crippen LogP contribution in [0, 0.1) is 6.92 Å². The van der Waals surface area contributed by atoms with Crippen molar-refractivity contribution in [1.82, 2.24) is 0 Å². The van der Waals surface area contributed by atoms with E-state index < -0.39 is 6.10 Å². The number of hydrogen-bond donors (Lipinski definition) is 1. The first-order chi connectivity index (χ1) is 11.2. The molecule has 1 aliphatic rings. The van der Waals surface area contributed by atoms with E-state index >= 15 is 0 Å². The van der Waals surface area contributed by atoms with Crippen LogP contribution in [-0.4, -0.2) is 18.8 Å². The van der Waals surface area contributed by atoms with E-state index in [1.54, 1.807) is 18.2 Å². The zero-order valence-corrected chi connectivity index (χ0v) is 13.2. The molecule has 1 amide bonds. The topological polar surface area (TPSA) is 56.8 Å². The molecule has 2 aromatic carbocycles. The lowest BCUT2D eigenvalue weighted by Gasteiger charge is -2.17. The van der Waals surface area contributed by atoms with Crippen LogP contribution in [0.1, 0.15) is 18.9 Å². The molecular weight excluding hydrogens is 294 g/mol. The van der Waals surface area contributed by atoms with Gasteiger partial charge < -0.3 is 19.5 Å². The van der Waals surface area contributed by atoms with Crippen LogP contribution in [0.3, 0.4) is 0 Å². The van der Waals surface area contributed by atoms with Crippen molar-refractivity contribution >= 4 is 11.6 Å². The highest BCUT2D eigenvalue weighted by atomic mass is 16.7. The largest absolute Gasteiger partial charge is 0.481 e. The summed E-state index contributed by atoms with van der Waals surface area (Å²) >= 11 is 0. The molecule has 5 nitrogen and oxygen atoms in total. The number of nitrogens with one attached hydrogen (secondary N) is 1. The van der Waals surface area contributed by atoms with E-state index in [1.165, 1.54) is 0 Å². The maximum Gasteiger partial charge on any atom is 0.265 e. The van der Waals surface area contributed by atoms with E-state index in [1.807, 2.05) is 38.1 Å². The molecular formula is C18H19NO4. The van der Waals surface area contributed by atoms with E-state index in [4.69, 9.17) is 14.2 Å². The minimum Gasteiger partial charge on any atom is -0.481 e. The molecule has 1 aliphatic heterocycles. The minimum atomic E-state index is -0.553. The highest BCUT2D eigenvalue weighted by Gasteiger charge is 2.20. The summed E-state index contributed by atoms with van der Waals surface area (Å²) in [6, 6.07) is 13.0. The van der Waals surface area contributed by atoms with Crippen LogP contribution >= 0.6 is 0 Å². The van der Waals surface area contributed by atoms with Crippen LogP contribution < -0.4 is 19.5 Å². The van der Waals surface area contributed by atoms with Gasteiger partial charge in [-0.2, -0.15) is 0 Å². The van der Waals surface area contributed by atoms with Crippen molar-refractivity contribution in [1.29, 1.82) is 0 Å². The predicted octanol–water partition coefficient (Wildman–Crippen LogP) is 3.52. The van der Waals surface area contributed by atoms with Crippen LogP contribution in [0.2, 0.25) is 0 Å². The van der Waals surface area contributed by atoms with Gasteiger partial charge in [0.05, 0.1) is 0 Å². The summed E-state index contributed by atoms with van der Waals surface area (Å²) in [5.74, 6) is 1.83. The molecule has 0 aromatic heterocycles. The van der Waals surface area contributed by atoms with Crippen molar-refractivity contribution < 1.29 is 19.0 Å². The summed E-state index contributed by atoms with van der Waals surface area (Å²) in [6.07, 6.45) is 0.0202. The van der Waals surface area contributed by atoms with E-state index in [9.17, 15) is 4.79 Å². The summed E-state index contributed by atoms with van der Waals surface area (Å²) in [5, 5.41) is 2.86. The van der Waals surface area contributed by atoms with Crippen molar-refractivity contribution in [3.8, 4) is 17.2 Å². The Labute approximate surface area is 135 Å².